The molecule has 5 nitrogen and oxygen atoms in total. The minimum Gasteiger partial charge on any atom is -0.481 e. The summed E-state index contributed by atoms with van der Waals surface area (Å²) in [6.45, 7) is 6.02. The predicted octanol–water partition coefficient (Wildman–Crippen LogP) is 1.53. The minimum absolute atomic E-state index is 0.246. The molecule has 1 aliphatic heterocycles. The van der Waals surface area contributed by atoms with Gasteiger partial charge in [-0.25, -0.2) is 0 Å². The highest BCUT2D eigenvalue weighted by atomic mass is 35.5. The van der Waals surface area contributed by atoms with Gasteiger partial charge in [-0.3, -0.25) is 14.4 Å². The van der Waals surface area contributed by atoms with E-state index in [4.69, 9.17) is 16.7 Å². The maximum atomic E-state index is 10.9. The van der Waals surface area contributed by atoms with Gasteiger partial charge < -0.3 is 5.11 Å². The molecular weight excluding hydrogens is 254 g/mol. The van der Waals surface area contributed by atoms with Crippen LogP contribution in [-0.2, 0) is 18.4 Å². The third-order valence-electron chi connectivity index (χ3n) is 3.72. The molecule has 1 atom stereocenters. The molecule has 100 valence electrons. The van der Waals surface area contributed by atoms with Crippen molar-refractivity contribution in [3.63, 3.8) is 0 Å². The highest BCUT2D eigenvalue weighted by Crippen LogP contribution is 2.28. The number of halogens is 1. The summed E-state index contributed by atoms with van der Waals surface area (Å²) in [6, 6.07) is 0. The fourth-order valence-corrected chi connectivity index (χ4v) is 2.54. The third-order valence-corrected chi connectivity index (χ3v) is 4.21. The molecule has 0 spiro atoms. The van der Waals surface area contributed by atoms with Gasteiger partial charge in [0, 0.05) is 26.7 Å². The van der Waals surface area contributed by atoms with Crippen molar-refractivity contribution in [2.45, 2.75) is 20.4 Å². The lowest BCUT2D eigenvalue weighted by molar-refractivity contribution is -0.145. The van der Waals surface area contributed by atoms with Crippen LogP contribution < -0.4 is 0 Å². The number of carboxylic acids is 1. The molecule has 0 aliphatic carbocycles. The summed E-state index contributed by atoms with van der Waals surface area (Å²) in [7, 11) is 1.88. The Morgan fingerprint density at radius 3 is 2.67 bits per heavy atom. The van der Waals surface area contributed by atoms with Crippen LogP contribution in [0.3, 0.4) is 0 Å². The van der Waals surface area contributed by atoms with E-state index < -0.39 is 5.97 Å². The van der Waals surface area contributed by atoms with Crippen molar-refractivity contribution in [2.75, 3.05) is 13.1 Å². The van der Waals surface area contributed by atoms with Crippen LogP contribution in [0.5, 0.6) is 0 Å². The number of likely N-dealkylation sites (tertiary alicyclic amines) is 1. The van der Waals surface area contributed by atoms with Gasteiger partial charge in [0.1, 0.15) is 0 Å². The summed E-state index contributed by atoms with van der Waals surface area (Å²) in [5.41, 5.74) is 1.83. The standard InChI is InChI=1S/C12H18ClN3O2/c1-7(12(17)18)9-4-16(5-9)6-10-11(13)8(2)14-15(10)3/h7,9H,4-6H2,1-3H3,(H,17,18). The minimum atomic E-state index is -0.714. The summed E-state index contributed by atoms with van der Waals surface area (Å²) < 4.78 is 1.80. The van der Waals surface area contributed by atoms with E-state index in [9.17, 15) is 4.79 Å². The van der Waals surface area contributed by atoms with E-state index in [0.717, 1.165) is 31.0 Å². The summed E-state index contributed by atoms with van der Waals surface area (Å²) in [6.07, 6.45) is 0. The Labute approximate surface area is 111 Å². The van der Waals surface area contributed by atoms with E-state index in [1.165, 1.54) is 0 Å². The number of aromatic nitrogens is 2. The van der Waals surface area contributed by atoms with Gasteiger partial charge in [0.2, 0.25) is 0 Å². The van der Waals surface area contributed by atoms with E-state index in [1.54, 1.807) is 11.6 Å². The molecule has 18 heavy (non-hydrogen) atoms. The summed E-state index contributed by atoms with van der Waals surface area (Å²) in [5, 5.41) is 13.9. The first-order chi connectivity index (χ1) is 8.40. The lowest BCUT2D eigenvalue weighted by Gasteiger charge is -2.41. The van der Waals surface area contributed by atoms with Gasteiger partial charge in [0.15, 0.2) is 0 Å². The molecule has 1 fully saturated rings. The quantitative estimate of drug-likeness (QED) is 0.902. The molecule has 6 heteroatoms. The summed E-state index contributed by atoms with van der Waals surface area (Å²) >= 11 is 6.18. The lowest BCUT2D eigenvalue weighted by atomic mass is 9.87. The van der Waals surface area contributed by atoms with Crippen LogP contribution in [0.4, 0.5) is 0 Å². The molecule has 0 amide bonds. The Morgan fingerprint density at radius 1 is 1.61 bits per heavy atom. The maximum Gasteiger partial charge on any atom is 0.306 e. The zero-order chi connectivity index (χ0) is 13.4. The van der Waals surface area contributed by atoms with E-state index in [-0.39, 0.29) is 11.8 Å². The van der Waals surface area contributed by atoms with Crippen LogP contribution in [-0.4, -0.2) is 38.8 Å². The van der Waals surface area contributed by atoms with Crippen molar-refractivity contribution in [1.82, 2.24) is 14.7 Å². The second kappa shape index (κ2) is 4.90. The zero-order valence-electron chi connectivity index (χ0n) is 10.9. The molecule has 2 heterocycles. The molecule has 1 aromatic rings. The van der Waals surface area contributed by atoms with Crippen LogP contribution in [0.25, 0.3) is 0 Å². The fourth-order valence-electron chi connectivity index (χ4n) is 2.32. The SMILES string of the molecule is Cc1nn(C)c(CN2CC(C(C)C(=O)O)C2)c1Cl. The Hall–Kier alpha value is -1.07. The molecule has 1 saturated heterocycles. The maximum absolute atomic E-state index is 10.9. The first-order valence-corrected chi connectivity index (χ1v) is 6.41. The average molecular weight is 272 g/mol. The first kappa shape index (κ1) is 13.4. The van der Waals surface area contributed by atoms with Crippen molar-refractivity contribution < 1.29 is 9.90 Å². The molecule has 0 saturated carbocycles. The number of hydrogen-bond acceptors (Lipinski definition) is 3. The normalized spacial score (nSPS) is 18.7. The van der Waals surface area contributed by atoms with Gasteiger partial charge >= 0.3 is 5.97 Å². The molecule has 0 bridgehead atoms. The summed E-state index contributed by atoms with van der Waals surface area (Å²) in [4.78, 5) is 13.1. The molecule has 0 radical (unpaired) electrons. The largest absolute Gasteiger partial charge is 0.481 e. The van der Waals surface area contributed by atoms with Crippen LogP contribution >= 0.6 is 11.6 Å². The predicted molar refractivity (Wildman–Crippen MR) is 68.5 cm³/mol. The summed E-state index contributed by atoms with van der Waals surface area (Å²) in [5.74, 6) is -0.741. The fraction of sp³-hybridized carbons (Fsp3) is 0.667. The molecule has 2 rings (SSSR count). The van der Waals surface area contributed by atoms with E-state index in [2.05, 4.69) is 10.00 Å². The number of aryl methyl sites for hydroxylation is 2. The third kappa shape index (κ3) is 2.37. The van der Waals surface area contributed by atoms with Crippen LogP contribution in [0, 0.1) is 18.8 Å². The van der Waals surface area contributed by atoms with E-state index in [1.807, 2.05) is 14.0 Å². The number of carboxylic acid groups (broad SMARTS) is 1. The van der Waals surface area contributed by atoms with Crippen LogP contribution in [0.15, 0.2) is 0 Å². The first-order valence-electron chi connectivity index (χ1n) is 6.03. The van der Waals surface area contributed by atoms with Gasteiger partial charge in [-0.1, -0.05) is 18.5 Å². The lowest BCUT2D eigenvalue weighted by Crippen LogP contribution is -2.50. The van der Waals surface area contributed by atoms with Crippen molar-refractivity contribution in [2.24, 2.45) is 18.9 Å². The Balaban J connectivity index is 1.92. The van der Waals surface area contributed by atoms with Gasteiger partial charge in [-0.2, -0.15) is 5.10 Å². The zero-order valence-corrected chi connectivity index (χ0v) is 11.6. The van der Waals surface area contributed by atoms with Crippen molar-refractivity contribution >= 4 is 17.6 Å². The number of hydrogen-bond donors (Lipinski definition) is 1. The van der Waals surface area contributed by atoms with Crippen LogP contribution in [0.1, 0.15) is 18.3 Å². The second-order valence-electron chi connectivity index (χ2n) is 5.05. The Bertz CT molecular complexity index is 466. The Morgan fingerprint density at radius 2 is 2.22 bits per heavy atom. The highest BCUT2D eigenvalue weighted by molar-refractivity contribution is 6.31. The van der Waals surface area contributed by atoms with Crippen molar-refractivity contribution in [1.29, 1.82) is 0 Å². The van der Waals surface area contributed by atoms with Gasteiger partial charge in [-0.05, 0) is 12.8 Å². The molecule has 0 aromatic carbocycles. The number of carbonyl (C=O) groups is 1. The van der Waals surface area contributed by atoms with Gasteiger partial charge in [-0.15, -0.1) is 0 Å². The Kier molecular flexibility index (Phi) is 3.64. The van der Waals surface area contributed by atoms with Crippen LogP contribution in [0.2, 0.25) is 5.02 Å². The number of aliphatic carboxylic acids is 1. The van der Waals surface area contributed by atoms with Gasteiger partial charge in [0.25, 0.3) is 0 Å². The molecule has 1 N–H and O–H groups in total. The number of nitrogens with zero attached hydrogens (tertiary/aromatic N) is 3. The molecular formula is C12H18ClN3O2. The molecule has 1 aliphatic rings. The van der Waals surface area contributed by atoms with E-state index in [0.29, 0.717) is 5.02 Å². The van der Waals surface area contributed by atoms with Crippen molar-refractivity contribution in [3.05, 3.63) is 16.4 Å². The van der Waals surface area contributed by atoms with Crippen molar-refractivity contribution in [3.8, 4) is 0 Å². The van der Waals surface area contributed by atoms with E-state index >= 15 is 0 Å². The number of rotatable bonds is 4. The highest BCUT2D eigenvalue weighted by Gasteiger charge is 2.35. The second-order valence-corrected chi connectivity index (χ2v) is 5.43. The molecule has 1 aromatic heterocycles. The van der Waals surface area contributed by atoms with Gasteiger partial charge in [0.05, 0.1) is 22.3 Å². The smallest absolute Gasteiger partial charge is 0.306 e. The topological polar surface area (TPSA) is 58.4 Å². The average Bonchev–Trinajstić information content (AvgIpc) is 2.47. The molecule has 1 unspecified atom stereocenters. The monoisotopic (exact) mass is 271 g/mol.